The van der Waals surface area contributed by atoms with Crippen LogP contribution >= 0.6 is 11.6 Å². The molecule has 86 valence electrons. The molecule has 1 aromatic rings. The average molecular weight is 241 g/mol. The third kappa shape index (κ3) is 2.93. The van der Waals surface area contributed by atoms with E-state index in [1.165, 1.54) is 0 Å². The lowest BCUT2D eigenvalue weighted by molar-refractivity contribution is -0.138. The van der Waals surface area contributed by atoms with Crippen molar-refractivity contribution in [3.63, 3.8) is 0 Å². The maximum absolute atomic E-state index is 10.7. The molecule has 4 nitrogen and oxygen atoms in total. The highest BCUT2D eigenvalue weighted by molar-refractivity contribution is 6.31. The second kappa shape index (κ2) is 4.80. The van der Waals surface area contributed by atoms with E-state index in [4.69, 9.17) is 16.7 Å². The minimum atomic E-state index is -0.794. The molecule has 0 radical (unpaired) electrons. The van der Waals surface area contributed by atoms with E-state index in [1.807, 2.05) is 11.0 Å². The van der Waals surface area contributed by atoms with Crippen molar-refractivity contribution in [1.29, 1.82) is 0 Å². The predicted octanol–water partition coefficient (Wildman–Crippen LogP) is 1.78. The second-order valence-corrected chi connectivity index (χ2v) is 4.40. The minimum Gasteiger partial charge on any atom is -0.480 e. The molecule has 5 heteroatoms. The molecule has 1 fully saturated rings. The Kier molecular flexibility index (Phi) is 3.41. The molecule has 1 aliphatic carbocycles. The quantitative estimate of drug-likeness (QED) is 0.853. The summed E-state index contributed by atoms with van der Waals surface area (Å²) in [7, 11) is 0. The number of aromatic nitrogens is 1. The van der Waals surface area contributed by atoms with Gasteiger partial charge in [-0.25, -0.2) is 0 Å². The van der Waals surface area contributed by atoms with Crippen LogP contribution in [0, 0.1) is 0 Å². The fourth-order valence-electron chi connectivity index (χ4n) is 1.68. The topological polar surface area (TPSA) is 53.4 Å². The monoisotopic (exact) mass is 240 g/mol. The maximum atomic E-state index is 10.7. The van der Waals surface area contributed by atoms with Crippen LogP contribution in [0.25, 0.3) is 0 Å². The Bertz CT molecular complexity index is 393. The third-order valence-electron chi connectivity index (χ3n) is 2.63. The van der Waals surface area contributed by atoms with Gasteiger partial charge in [-0.2, -0.15) is 0 Å². The highest BCUT2D eigenvalue weighted by Crippen LogP contribution is 2.29. The molecule has 0 saturated heterocycles. The lowest BCUT2D eigenvalue weighted by Crippen LogP contribution is -2.31. The summed E-state index contributed by atoms with van der Waals surface area (Å²) in [5, 5.41) is 9.42. The summed E-state index contributed by atoms with van der Waals surface area (Å²) in [5.41, 5.74) is 0.935. The molecule has 16 heavy (non-hydrogen) atoms. The van der Waals surface area contributed by atoms with Crippen LogP contribution < -0.4 is 0 Å². The largest absolute Gasteiger partial charge is 0.480 e. The lowest BCUT2D eigenvalue weighted by Gasteiger charge is -2.20. The van der Waals surface area contributed by atoms with Crippen molar-refractivity contribution in [2.75, 3.05) is 6.54 Å². The van der Waals surface area contributed by atoms with Crippen LogP contribution in [0.3, 0.4) is 0 Å². The van der Waals surface area contributed by atoms with E-state index in [2.05, 4.69) is 4.98 Å². The van der Waals surface area contributed by atoms with E-state index in [0.717, 1.165) is 18.4 Å². The minimum absolute atomic E-state index is 0.0727. The zero-order valence-electron chi connectivity index (χ0n) is 8.77. The molecule has 0 unspecified atom stereocenters. The molecule has 0 aliphatic heterocycles. The molecule has 1 saturated carbocycles. The van der Waals surface area contributed by atoms with Crippen LogP contribution in [-0.4, -0.2) is 33.5 Å². The maximum Gasteiger partial charge on any atom is 0.317 e. The Morgan fingerprint density at radius 2 is 2.38 bits per heavy atom. The van der Waals surface area contributed by atoms with Crippen LogP contribution in [0.1, 0.15) is 18.4 Å². The Hall–Kier alpha value is -1.13. The first-order chi connectivity index (χ1) is 7.66. The number of nitrogens with zero attached hydrogens (tertiary/aromatic N) is 2. The van der Waals surface area contributed by atoms with Gasteiger partial charge in [-0.05, 0) is 24.5 Å². The predicted molar refractivity (Wildman–Crippen MR) is 60.3 cm³/mol. The lowest BCUT2D eigenvalue weighted by atomic mass is 10.2. The molecule has 0 bridgehead atoms. The smallest absolute Gasteiger partial charge is 0.317 e. The van der Waals surface area contributed by atoms with Crippen molar-refractivity contribution < 1.29 is 9.90 Å². The summed E-state index contributed by atoms with van der Waals surface area (Å²) >= 11 is 5.99. The summed E-state index contributed by atoms with van der Waals surface area (Å²) < 4.78 is 0. The summed E-state index contributed by atoms with van der Waals surface area (Å²) in [6.07, 6.45) is 5.42. The summed E-state index contributed by atoms with van der Waals surface area (Å²) in [6.45, 7) is 0.654. The number of pyridine rings is 1. The van der Waals surface area contributed by atoms with E-state index in [0.29, 0.717) is 17.6 Å². The van der Waals surface area contributed by atoms with Gasteiger partial charge in [0.1, 0.15) is 0 Å². The molecule has 1 aliphatic rings. The first-order valence-corrected chi connectivity index (χ1v) is 5.59. The average Bonchev–Trinajstić information content (AvgIpc) is 3.03. The zero-order valence-corrected chi connectivity index (χ0v) is 9.52. The summed E-state index contributed by atoms with van der Waals surface area (Å²) in [6, 6.07) is 2.24. The van der Waals surface area contributed by atoms with Crippen LogP contribution in [0.5, 0.6) is 0 Å². The normalized spacial score (nSPS) is 15.4. The van der Waals surface area contributed by atoms with E-state index in [1.54, 1.807) is 12.4 Å². The molecule has 1 N–H and O–H groups in total. The van der Waals surface area contributed by atoms with E-state index in [9.17, 15) is 4.79 Å². The van der Waals surface area contributed by atoms with Crippen molar-refractivity contribution in [2.45, 2.75) is 25.4 Å². The van der Waals surface area contributed by atoms with Gasteiger partial charge in [-0.15, -0.1) is 0 Å². The number of carboxylic acid groups (broad SMARTS) is 1. The summed E-state index contributed by atoms with van der Waals surface area (Å²) in [4.78, 5) is 16.6. The molecule has 0 atom stereocenters. The van der Waals surface area contributed by atoms with Gasteiger partial charge in [0.15, 0.2) is 0 Å². The molecular formula is C11H13ClN2O2. The molecule has 1 aromatic heterocycles. The molecule has 1 heterocycles. The van der Waals surface area contributed by atoms with Gasteiger partial charge in [-0.1, -0.05) is 11.6 Å². The number of hydrogen-bond donors (Lipinski definition) is 1. The Labute approximate surface area is 98.9 Å². The number of hydrogen-bond acceptors (Lipinski definition) is 3. The van der Waals surface area contributed by atoms with Gasteiger partial charge in [-0.3, -0.25) is 14.7 Å². The first-order valence-electron chi connectivity index (χ1n) is 5.21. The zero-order chi connectivity index (χ0) is 11.5. The molecule has 0 amide bonds. The van der Waals surface area contributed by atoms with Crippen molar-refractivity contribution in [3.8, 4) is 0 Å². The first kappa shape index (κ1) is 11.4. The fraction of sp³-hybridized carbons (Fsp3) is 0.455. The van der Waals surface area contributed by atoms with Gasteiger partial charge in [0, 0.05) is 25.0 Å². The van der Waals surface area contributed by atoms with E-state index >= 15 is 0 Å². The Morgan fingerprint density at radius 3 is 2.94 bits per heavy atom. The van der Waals surface area contributed by atoms with Gasteiger partial charge in [0.25, 0.3) is 0 Å². The molecule has 0 spiro atoms. The number of carboxylic acids is 1. The Morgan fingerprint density at radius 1 is 1.62 bits per heavy atom. The SMILES string of the molecule is O=C(O)CN(Cc1ccncc1Cl)C1CC1. The van der Waals surface area contributed by atoms with Crippen molar-refractivity contribution >= 4 is 17.6 Å². The van der Waals surface area contributed by atoms with Gasteiger partial charge < -0.3 is 5.11 Å². The van der Waals surface area contributed by atoms with Gasteiger partial charge in [0.2, 0.25) is 0 Å². The fourth-order valence-corrected chi connectivity index (χ4v) is 1.86. The van der Waals surface area contributed by atoms with Crippen LogP contribution in [0.2, 0.25) is 5.02 Å². The van der Waals surface area contributed by atoms with Crippen LogP contribution in [-0.2, 0) is 11.3 Å². The van der Waals surface area contributed by atoms with Crippen molar-refractivity contribution in [1.82, 2.24) is 9.88 Å². The van der Waals surface area contributed by atoms with E-state index in [-0.39, 0.29) is 6.54 Å². The van der Waals surface area contributed by atoms with Gasteiger partial charge >= 0.3 is 5.97 Å². The standard InChI is InChI=1S/C11H13ClN2O2/c12-10-5-13-4-3-8(10)6-14(7-11(15)16)9-1-2-9/h3-5,9H,1-2,6-7H2,(H,15,16). The van der Waals surface area contributed by atoms with Gasteiger partial charge in [0.05, 0.1) is 11.6 Å². The number of carbonyl (C=O) groups is 1. The van der Waals surface area contributed by atoms with Crippen LogP contribution in [0.15, 0.2) is 18.5 Å². The van der Waals surface area contributed by atoms with Crippen LogP contribution in [0.4, 0.5) is 0 Å². The van der Waals surface area contributed by atoms with E-state index < -0.39 is 5.97 Å². The number of aliphatic carboxylic acids is 1. The molecule has 0 aromatic carbocycles. The highest BCUT2D eigenvalue weighted by Gasteiger charge is 2.30. The number of rotatable bonds is 5. The Balaban J connectivity index is 2.05. The molecule has 2 rings (SSSR count). The second-order valence-electron chi connectivity index (χ2n) is 4.00. The molecular weight excluding hydrogens is 228 g/mol. The summed E-state index contributed by atoms with van der Waals surface area (Å²) in [5.74, 6) is -0.794. The third-order valence-corrected chi connectivity index (χ3v) is 2.97. The van der Waals surface area contributed by atoms with Crippen molar-refractivity contribution in [3.05, 3.63) is 29.0 Å². The highest BCUT2D eigenvalue weighted by atomic mass is 35.5. The van der Waals surface area contributed by atoms with Crippen molar-refractivity contribution in [2.24, 2.45) is 0 Å². The number of halogens is 1.